The second-order valence-corrected chi connectivity index (χ2v) is 3.16. The maximum Gasteiger partial charge on any atom is 0.338 e. The molecule has 0 saturated carbocycles. The molecule has 2 rings (SSSR count). The van der Waals surface area contributed by atoms with Gasteiger partial charge < -0.3 is 14.6 Å². The van der Waals surface area contributed by atoms with Crippen LogP contribution in [0, 0.1) is 0 Å². The Hall–Kier alpha value is -0.940. The Labute approximate surface area is 68.3 Å². The molecule has 0 unspecified atom stereocenters. The summed E-state index contributed by atoms with van der Waals surface area (Å²) < 4.78 is 9.65. The zero-order valence-electron chi connectivity index (χ0n) is 6.39. The van der Waals surface area contributed by atoms with Crippen LogP contribution in [-0.2, 0) is 19.1 Å². The minimum Gasteiger partial charge on any atom is -0.449 e. The second kappa shape index (κ2) is 2.05. The maximum atomic E-state index is 10.8. The molecule has 0 bridgehead atoms. The van der Waals surface area contributed by atoms with Crippen LogP contribution in [0.2, 0.25) is 0 Å². The van der Waals surface area contributed by atoms with E-state index in [0.717, 1.165) is 0 Å². The Kier molecular flexibility index (Phi) is 1.32. The molecule has 0 aliphatic carbocycles. The number of hydrogen-bond acceptors (Lipinski definition) is 5. The number of epoxide rings is 1. The minimum atomic E-state index is -1.24. The normalized spacial score (nSPS) is 50.8. The predicted molar refractivity (Wildman–Crippen MR) is 35.2 cm³/mol. The Balaban J connectivity index is 2.23. The molecular formula is C7H8O5. The molecule has 0 spiro atoms. The summed E-state index contributed by atoms with van der Waals surface area (Å²) in [5, 5.41) is 9.15. The van der Waals surface area contributed by atoms with Crippen LogP contribution >= 0.6 is 0 Å². The van der Waals surface area contributed by atoms with E-state index in [1.54, 1.807) is 6.92 Å². The maximum absolute atomic E-state index is 10.8. The van der Waals surface area contributed by atoms with Gasteiger partial charge in [-0.3, -0.25) is 4.79 Å². The molecule has 0 aromatic heterocycles. The lowest BCUT2D eigenvalue weighted by atomic mass is 9.95. The van der Waals surface area contributed by atoms with Crippen molar-refractivity contribution >= 4 is 12.3 Å². The fourth-order valence-electron chi connectivity index (χ4n) is 1.44. The first kappa shape index (κ1) is 7.70. The summed E-state index contributed by atoms with van der Waals surface area (Å²) in [6.45, 7) is 1.63. The first-order valence-electron chi connectivity index (χ1n) is 3.61. The number of carbonyl (C=O) groups excluding carboxylic acids is 2. The molecule has 2 saturated heterocycles. The monoisotopic (exact) mass is 172 g/mol. The summed E-state index contributed by atoms with van der Waals surface area (Å²) in [4.78, 5) is 21.2. The highest BCUT2D eigenvalue weighted by Gasteiger charge is 2.67. The van der Waals surface area contributed by atoms with Gasteiger partial charge >= 0.3 is 5.97 Å². The molecule has 0 aromatic rings. The number of fused-ring (bicyclic) bond motifs is 1. The molecule has 2 fully saturated rings. The lowest BCUT2D eigenvalue weighted by Gasteiger charge is -2.22. The standard InChI is InChI=1S/C7H8O5/c1-7-3(2-8)11-6(10)4(9)5(7)12-7/h2-5,9H,1H3/t3-,4-,5+,7-/m1/s1. The first-order valence-corrected chi connectivity index (χ1v) is 3.61. The third-order valence-electron chi connectivity index (χ3n) is 2.35. The van der Waals surface area contributed by atoms with Crippen LogP contribution in [0.15, 0.2) is 0 Å². The molecule has 1 N–H and O–H groups in total. The van der Waals surface area contributed by atoms with E-state index in [0.29, 0.717) is 6.29 Å². The Bertz CT molecular complexity index is 250. The van der Waals surface area contributed by atoms with Gasteiger partial charge in [-0.2, -0.15) is 0 Å². The van der Waals surface area contributed by atoms with Gasteiger partial charge in [0.05, 0.1) is 0 Å². The number of carbonyl (C=O) groups is 2. The van der Waals surface area contributed by atoms with Gasteiger partial charge in [-0.15, -0.1) is 0 Å². The van der Waals surface area contributed by atoms with Crippen molar-refractivity contribution in [2.24, 2.45) is 0 Å². The van der Waals surface area contributed by atoms with Crippen LogP contribution in [0.1, 0.15) is 6.92 Å². The van der Waals surface area contributed by atoms with E-state index in [-0.39, 0.29) is 0 Å². The molecule has 2 aliphatic heterocycles. The zero-order chi connectivity index (χ0) is 8.93. The van der Waals surface area contributed by atoms with E-state index in [2.05, 4.69) is 4.74 Å². The van der Waals surface area contributed by atoms with Gasteiger partial charge in [0.1, 0.15) is 11.7 Å². The van der Waals surface area contributed by atoms with Crippen molar-refractivity contribution in [2.45, 2.75) is 30.8 Å². The van der Waals surface area contributed by atoms with Crippen molar-refractivity contribution in [1.29, 1.82) is 0 Å². The van der Waals surface area contributed by atoms with Gasteiger partial charge in [0, 0.05) is 0 Å². The summed E-state index contributed by atoms with van der Waals surface area (Å²) in [7, 11) is 0. The van der Waals surface area contributed by atoms with Crippen molar-refractivity contribution in [2.75, 3.05) is 0 Å². The second-order valence-electron chi connectivity index (χ2n) is 3.16. The molecule has 0 aromatic carbocycles. The fourth-order valence-corrected chi connectivity index (χ4v) is 1.44. The number of esters is 1. The number of cyclic esters (lactones) is 1. The van der Waals surface area contributed by atoms with Crippen molar-refractivity contribution < 1.29 is 24.2 Å². The minimum absolute atomic E-state index is 0.518. The summed E-state index contributed by atoms with van der Waals surface area (Å²) in [5.41, 5.74) is -0.797. The third kappa shape index (κ3) is 0.748. The highest BCUT2D eigenvalue weighted by atomic mass is 16.7. The fraction of sp³-hybridized carbons (Fsp3) is 0.714. The van der Waals surface area contributed by atoms with Crippen LogP contribution in [-0.4, -0.2) is 41.3 Å². The smallest absolute Gasteiger partial charge is 0.338 e. The van der Waals surface area contributed by atoms with Crippen LogP contribution in [0.3, 0.4) is 0 Å². The quantitative estimate of drug-likeness (QED) is 0.300. The molecule has 2 heterocycles. The summed E-state index contributed by atoms with van der Waals surface area (Å²) in [6, 6.07) is 0. The molecule has 0 amide bonds. The Morgan fingerprint density at radius 1 is 1.67 bits per heavy atom. The zero-order valence-corrected chi connectivity index (χ0v) is 6.39. The van der Waals surface area contributed by atoms with Crippen molar-refractivity contribution in [1.82, 2.24) is 0 Å². The van der Waals surface area contributed by atoms with E-state index >= 15 is 0 Å². The van der Waals surface area contributed by atoms with Crippen LogP contribution < -0.4 is 0 Å². The average molecular weight is 172 g/mol. The number of aldehydes is 1. The van der Waals surface area contributed by atoms with Crippen molar-refractivity contribution in [3.63, 3.8) is 0 Å². The van der Waals surface area contributed by atoms with Crippen molar-refractivity contribution in [3.05, 3.63) is 0 Å². The van der Waals surface area contributed by atoms with E-state index < -0.39 is 29.9 Å². The van der Waals surface area contributed by atoms with Gasteiger partial charge in [0.25, 0.3) is 0 Å². The third-order valence-corrected chi connectivity index (χ3v) is 2.35. The molecule has 4 atom stereocenters. The van der Waals surface area contributed by atoms with Crippen LogP contribution in [0.4, 0.5) is 0 Å². The van der Waals surface area contributed by atoms with Gasteiger partial charge in [-0.1, -0.05) is 0 Å². The summed E-state index contributed by atoms with van der Waals surface area (Å²) >= 11 is 0. The molecular weight excluding hydrogens is 164 g/mol. The predicted octanol–water partition coefficient (Wildman–Crippen LogP) is -1.37. The number of aliphatic hydroxyl groups is 1. The van der Waals surface area contributed by atoms with Crippen LogP contribution in [0.5, 0.6) is 0 Å². The number of hydrogen-bond donors (Lipinski definition) is 1. The lowest BCUT2D eigenvalue weighted by molar-refractivity contribution is -0.167. The molecule has 66 valence electrons. The molecule has 12 heavy (non-hydrogen) atoms. The van der Waals surface area contributed by atoms with Crippen molar-refractivity contribution in [3.8, 4) is 0 Å². The van der Waals surface area contributed by atoms with Crippen LogP contribution in [0.25, 0.3) is 0 Å². The number of ether oxygens (including phenoxy) is 2. The number of rotatable bonds is 1. The molecule has 0 radical (unpaired) electrons. The first-order chi connectivity index (χ1) is 5.59. The lowest BCUT2D eigenvalue weighted by Crippen LogP contribution is -2.47. The van der Waals surface area contributed by atoms with E-state index in [4.69, 9.17) is 9.84 Å². The topological polar surface area (TPSA) is 76.1 Å². The molecule has 2 aliphatic rings. The highest BCUT2D eigenvalue weighted by molar-refractivity contribution is 5.81. The van der Waals surface area contributed by atoms with Gasteiger partial charge in [-0.05, 0) is 6.92 Å². The van der Waals surface area contributed by atoms with Gasteiger partial charge in [-0.25, -0.2) is 4.79 Å². The largest absolute Gasteiger partial charge is 0.449 e. The average Bonchev–Trinajstić information content (AvgIpc) is 2.72. The summed E-state index contributed by atoms with van der Waals surface area (Å²) in [5.74, 6) is -0.785. The van der Waals surface area contributed by atoms with Gasteiger partial charge in [0.15, 0.2) is 18.5 Å². The highest BCUT2D eigenvalue weighted by Crippen LogP contribution is 2.45. The van der Waals surface area contributed by atoms with Gasteiger partial charge in [0.2, 0.25) is 0 Å². The summed E-state index contributed by atoms with van der Waals surface area (Å²) in [6.07, 6.45) is -2.18. The Morgan fingerprint density at radius 3 is 2.92 bits per heavy atom. The van der Waals surface area contributed by atoms with E-state index in [9.17, 15) is 9.59 Å². The molecule has 5 nitrogen and oxygen atoms in total. The molecule has 5 heteroatoms. The van der Waals surface area contributed by atoms with E-state index in [1.807, 2.05) is 0 Å². The number of aliphatic hydroxyl groups excluding tert-OH is 1. The SMILES string of the molecule is C[C@]12O[C@H]1[C@@H](O)C(=O)O[C@@H]2C=O. The van der Waals surface area contributed by atoms with E-state index in [1.165, 1.54) is 0 Å². The Morgan fingerprint density at radius 2 is 2.33 bits per heavy atom.